The minimum Gasteiger partial charge on any atom is -0.382 e. The van der Waals surface area contributed by atoms with Crippen LogP contribution >= 0.6 is 0 Å². The van der Waals surface area contributed by atoms with Gasteiger partial charge in [0.15, 0.2) is 0 Å². The van der Waals surface area contributed by atoms with Gasteiger partial charge in [0, 0.05) is 13.2 Å². The molecular formula is C116H74BF4O-. The molecule has 0 N–H and O–H groups in total. The van der Waals surface area contributed by atoms with E-state index in [0.29, 0.717) is 44.1 Å². The highest BCUT2D eigenvalue weighted by molar-refractivity contribution is 7.22. The van der Waals surface area contributed by atoms with Crippen LogP contribution in [0.2, 0.25) is 0 Å². The summed E-state index contributed by atoms with van der Waals surface area (Å²) in [4.78, 5) is 0. The summed E-state index contributed by atoms with van der Waals surface area (Å²) in [6.45, 7) is 5.67. The Morgan fingerprint density at radius 2 is 0.344 bits per heavy atom. The molecule has 0 aliphatic heterocycles. The van der Waals surface area contributed by atoms with E-state index in [-0.39, 0.29) is 22.3 Å². The summed E-state index contributed by atoms with van der Waals surface area (Å²) in [7, 11) is 0. The number of halogens is 4. The zero-order chi connectivity index (χ0) is 81.6. The Balaban J connectivity index is 0.00000168. The van der Waals surface area contributed by atoms with E-state index < -0.39 is 29.4 Å². The molecule has 1 nitrogen and oxygen atoms in total. The Bertz CT molecular complexity index is 7600. The first kappa shape index (κ1) is 72.4. The first-order valence-corrected chi connectivity index (χ1v) is 42.0. The molecule has 0 amide bonds. The molecule has 0 spiro atoms. The van der Waals surface area contributed by atoms with Gasteiger partial charge in [-0.15, -0.1) is 0 Å². The number of fused-ring (bicyclic) bond motifs is 20. The van der Waals surface area contributed by atoms with Gasteiger partial charge in [-0.1, -0.05) is 267 Å². The average Bonchev–Trinajstić information content (AvgIpc) is 0.685. The summed E-state index contributed by atoms with van der Waals surface area (Å²) in [5.41, 5.74) is 4.49. The maximum Gasteiger partial charge on any atom is 0.127 e. The van der Waals surface area contributed by atoms with Crippen molar-refractivity contribution in [1.29, 1.82) is 0 Å². The van der Waals surface area contributed by atoms with Crippen LogP contribution in [-0.2, 0) is 4.74 Å². The lowest BCUT2D eigenvalue weighted by molar-refractivity contribution is 0.162. The van der Waals surface area contributed by atoms with Gasteiger partial charge < -0.3 is 4.74 Å². The molecule has 0 heterocycles. The minimum absolute atomic E-state index is 0.196. The van der Waals surface area contributed by atoms with Crippen LogP contribution in [0.1, 0.15) is 13.8 Å². The predicted octanol–water partition coefficient (Wildman–Crippen LogP) is 29.8. The third-order valence-corrected chi connectivity index (χ3v) is 26.3. The van der Waals surface area contributed by atoms with Gasteiger partial charge in [0.25, 0.3) is 0 Å². The number of rotatable bonds is 10. The average molecular weight is 1570 g/mol. The molecular weight excluding hydrogens is 1500 g/mol. The summed E-state index contributed by atoms with van der Waals surface area (Å²) >= 11 is 0. The van der Waals surface area contributed by atoms with Gasteiger partial charge in [-0.2, -0.15) is 21.9 Å². The van der Waals surface area contributed by atoms with E-state index in [1.54, 1.807) is 24.3 Å². The summed E-state index contributed by atoms with van der Waals surface area (Å²) in [5.74, 6) is -2.31. The fourth-order valence-corrected chi connectivity index (χ4v) is 20.9. The van der Waals surface area contributed by atoms with Crippen molar-refractivity contribution >= 4 is 200 Å². The van der Waals surface area contributed by atoms with Crippen LogP contribution in [0.15, 0.2) is 388 Å². The highest BCUT2D eigenvalue weighted by Crippen LogP contribution is 2.46. The largest absolute Gasteiger partial charge is 0.382 e. The summed E-state index contributed by atoms with van der Waals surface area (Å²) in [6, 6.07) is 131. The van der Waals surface area contributed by atoms with Gasteiger partial charge >= 0.3 is 0 Å². The fourth-order valence-electron chi connectivity index (χ4n) is 20.9. The third kappa shape index (κ3) is 11.5. The number of ether oxygens (including phenoxy) is 1. The maximum absolute atomic E-state index is 19.9. The Hall–Kier alpha value is -14.8. The second-order valence-corrected chi connectivity index (χ2v) is 32.8. The van der Waals surface area contributed by atoms with Crippen LogP contribution in [0.5, 0.6) is 0 Å². The summed E-state index contributed by atoms with van der Waals surface area (Å²) < 4.78 is 84.5. The van der Waals surface area contributed by atoms with Crippen molar-refractivity contribution in [3.05, 3.63) is 412 Å². The van der Waals surface area contributed by atoms with E-state index in [2.05, 4.69) is 267 Å². The van der Waals surface area contributed by atoms with Gasteiger partial charge in [-0.3, -0.25) is 0 Å². The molecule has 122 heavy (non-hydrogen) atoms. The Morgan fingerprint density at radius 3 is 0.549 bits per heavy atom. The van der Waals surface area contributed by atoms with Crippen molar-refractivity contribution in [2.24, 2.45) is 0 Å². The zero-order valence-electron chi connectivity index (χ0n) is 66.9. The molecule has 0 saturated carbocycles. The normalized spacial score (nSPS) is 12.1. The zero-order valence-corrected chi connectivity index (χ0v) is 66.9. The third-order valence-electron chi connectivity index (χ3n) is 26.3. The lowest BCUT2D eigenvalue weighted by atomic mass is 9.11. The molecule has 24 aromatic carbocycles. The number of hydrogen-bond acceptors (Lipinski definition) is 1. The minimum atomic E-state index is -3.51. The van der Waals surface area contributed by atoms with Crippen LogP contribution in [0.25, 0.3) is 217 Å². The molecule has 0 radical (unpaired) electrons. The second-order valence-electron chi connectivity index (χ2n) is 32.8. The van der Waals surface area contributed by atoms with Crippen molar-refractivity contribution in [1.82, 2.24) is 0 Å². The monoisotopic (exact) mass is 1570 g/mol. The van der Waals surface area contributed by atoms with E-state index in [4.69, 9.17) is 4.74 Å². The first-order chi connectivity index (χ1) is 60.0. The Labute approximate surface area is 701 Å². The fraction of sp³-hybridized carbons (Fsp3) is 0.0345. The first-order valence-electron chi connectivity index (χ1n) is 42.0. The molecule has 0 bridgehead atoms. The van der Waals surface area contributed by atoms with Crippen molar-refractivity contribution < 1.29 is 22.3 Å². The van der Waals surface area contributed by atoms with Crippen LogP contribution < -0.4 is 21.9 Å². The second kappa shape index (κ2) is 28.7. The quantitative estimate of drug-likeness (QED) is 0.0574. The highest BCUT2D eigenvalue weighted by Gasteiger charge is 2.42. The summed E-state index contributed by atoms with van der Waals surface area (Å²) in [6.07, 6.45) is -3.51. The molecule has 0 atom stereocenters. The van der Waals surface area contributed by atoms with Crippen molar-refractivity contribution in [2.45, 2.75) is 13.8 Å². The van der Waals surface area contributed by atoms with Crippen LogP contribution in [0.3, 0.4) is 0 Å². The molecule has 0 aliphatic carbocycles. The molecule has 0 aliphatic rings. The standard InChI is InChI=1S/C112H64BF4.C4H10O/c114-105-37-13-33-101(109(105)85-29-9-25-73-53-81-45-41-77-49-65-17-1-5-21-69(65)57-89(77)97(81)61-93(73)85)113(102-34-14-38-106(115)110(102)86-30-10-26-74-54-82-46-42-78-50-66-18-2-6-22-70(66)58-90(78)98(82)62-94(74)86,103-35-15-39-107(116)111(103)87-31-11-27-75-55-83-47-43-79-51-67-19-3-7-23-71(67)59-91(79)99(83)63-95(75)87)104-36-16-40-108(117)112(104)88-32-12-28-76-56-84-48-44-80-52-68-20-4-8-24-72(68)60-92(80)100(84)64-96(76)88;1-3-5-4-2/h1-64H;3-4H2,1-2H3/q-1;. The molecule has 24 rings (SSSR count). The molecule has 0 aromatic heterocycles. The smallest absolute Gasteiger partial charge is 0.127 e. The van der Waals surface area contributed by atoms with E-state index in [1.165, 1.54) is 24.3 Å². The van der Waals surface area contributed by atoms with Gasteiger partial charge in [0.1, 0.15) is 29.4 Å². The lowest BCUT2D eigenvalue weighted by Gasteiger charge is -2.49. The molecule has 0 saturated heterocycles. The molecule has 24 aromatic rings. The van der Waals surface area contributed by atoms with Crippen molar-refractivity contribution in [3.8, 4) is 44.5 Å². The van der Waals surface area contributed by atoms with Gasteiger partial charge in [0.2, 0.25) is 0 Å². The molecule has 6 heteroatoms. The maximum atomic E-state index is 19.9. The van der Waals surface area contributed by atoms with Gasteiger partial charge in [0.05, 0.1) is 0 Å². The van der Waals surface area contributed by atoms with Crippen LogP contribution in [0.4, 0.5) is 17.6 Å². The highest BCUT2D eigenvalue weighted by atomic mass is 19.1. The van der Waals surface area contributed by atoms with Crippen molar-refractivity contribution in [3.63, 3.8) is 0 Å². The van der Waals surface area contributed by atoms with Gasteiger partial charge in [-0.25, -0.2) is 17.6 Å². The van der Waals surface area contributed by atoms with E-state index in [1.807, 2.05) is 86.6 Å². The van der Waals surface area contributed by atoms with Crippen molar-refractivity contribution in [2.75, 3.05) is 13.2 Å². The van der Waals surface area contributed by atoms with E-state index in [0.717, 1.165) is 186 Å². The predicted molar refractivity (Wildman–Crippen MR) is 514 cm³/mol. The Kier molecular flexibility index (Phi) is 17.1. The number of benzene rings is 24. The van der Waals surface area contributed by atoms with Crippen LogP contribution in [-0.4, -0.2) is 19.4 Å². The molecule has 576 valence electrons. The molecule has 0 unspecified atom stereocenters. The number of hydrogen-bond donors (Lipinski definition) is 0. The summed E-state index contributed by atoms with van der Waals surface area (Å²) in [5, 5.41) is 31.5. The lowest BCUT2D eigenvalue weighted by Crippen LogP contribution is -2.76. The van der Waals surface area contributed by atoms with Gasteiger partial charge in [-0.05, 0) is 352 Å². The topological polar surface area (TPSA) is 9.23 Å². The van der Waals surface area contributed by atoms with E-state index in [9.17, 15) is 0 Å². The Morgan fingerprint density at radius 1 is 0.172 bits per heavy atom. The molecule has 0 fully saturated rings. The van der Waals surface area contributed by atoms with E-state index >= 15 is 17.6 Å². The SMILES string of the molecule is CCOCC.Fc1cccc([B-](c2cccc(F)c2-c2cccc3cc4ccc5cc6ccccc6cc5c4cc23)(c2cccc(F)c2-c2cccc3cc4ccc5cc6ccccc6cc5c4cc23)c2cccc(F)c2-c2cccc3cc4ccc5cc6ccccc6cc5c4cc23)c1-c1cccc2cc3ccc4cc5ccccc5cc4c3cc12. The van der Waals surface area contributed by atoms with Crippen LogP contribution in [0, 0.1) is 23.3 Å².